The quantitative estimate of drug-likeness (QED) is 0.890. The van der Waals surface area contributed by atoms with E-state index in [-0.39, 0.29) is 11.8 Å². The van der Waals surface area contributed by atoms with Gasteiger partial charge in [-0.15, -0.1) is 0 Å². The SMILES string of the molecule is CC(C)N1CCC(N2CCC[C@H](C(=O)NCc3ccncc3)C2)CC1. The number of carbonyl (C=O) groups is 1. The third-order valence-corrected chi connectivity index (χ3v) is 5.79. The highest BCUT2D eigenvalue weighted by molar-refractivity contribution is 5.78. The van der Waals surface area contributed by atoms with E-state index >= 15 is 0 Å². The van der Waals surface area contributed by atoms with E-state index in [1.165, 1.54) is 25.9 Å². The number of piperidine rings is 2. The molecule has 2 aliphatic rings. The average Bonchev–Trinajstić information content (AvgIpc) is 2.67. The van der Waals surface area contributed by atoms with Crippen molar-refractivity contribution in [3.8, 4) is 0 Å². The van der Waals surface area contributed by atoms with Gasteiger partial charge >= 0.3 is 0 Å². The van der Waals surface area contributed by atoms with Crippen LogP contribution in [0.1, 0.15) is 45.1 Å². The van der Waals surface area contributed by atoms with Gasteiger partial charge in [-0.2, -0.15) is 0 Å². The summed E-state index contributed by atoms with van der Waals surface area (Å²) in [5.41, 5.74) is 1.11. The first kappa shape index (κ1) is 18.3. The largest absolute Gasteiger partial charge is 0.352 e. The first-order chi connectivity index (χ1) is 12.1. The van der Waals surface area contributed by atoms with E-state index in [0.717, 1.165) is 31.5 Å². The van der Waals surface area contributed by atoms with Gasteiger partial charge in [-0.1, -0.05) is 0 Å². The topological polar surface area (TPSA) is 48.5 Å². The standard InChI is InChI=1S/C20H32N4O/c1-16(2)23-12-7-19(8-13-23)24-11-3-4-18(15-24)20(25)22-14-17-5-9-21-10-6-17/h5-6,9-10,16,18-19H,3-4,7-8,11-15H2,1-2H3,(H,22,25)/t18-/m0/s1. The van der Waals surface area contributed by atoms with Crippen molar-refractivity contribution in [1.82, 2.24) is 20.1 Å². The van der Waals surface area contributed by atoms with E-state index in [9.17, 15) is 4.79 Å². The third kappa shape index (κ3) is 5.02. The molecule has 1 N–H and O–H groups in total. The molecule has 5 heteroatoms. The second-order valence-corrected chi connectivity index (χ2v) is 7.77. The maximum atomic E-state index is 12.6. The van der Waals surface area contributed by atoms with E-state index in [4.69, 9.17) is 0 Å². The Morgan fingerprint density at radius 1 is 1.20 bits per heavy atom. The molecule has 1 aromatic rings. The maximum Gasteiger partial charge on any atom is 0.224 e. The highest BCUT2D eigenvalue weighted by atomic mass is 16.1. The number of pyridine rings is 1. The zero-order valence-corrected chi connectivity index (χ0v) is 15.7. The molecule has 0 unspecified atom stereocenters. The maximum absolute atomic E-state index is 12.6. The molecule has 2 aliphatic heterocycles. The fourth-order valence-corrected chi connectivity index (χ4v) is 4.15. The van der Waals surface area contributed by atoms with Crippen LogP contribution in [-0.2, 0) is 11.3 Å². The number of amides is 1. The second-order valence-electron chi connectivity index (χ2n) is 7.77. The molecule has 1 aromatic heterocycles. The number of carbonyl (C=O) groups excluding carboxylic acids is 1. The molecule has 1 amide bonds. The van der Waals surface area contributed by atoms with Crippen molar-refractivity contribution < 1.29 is 4.79 Å². The number of nitrogens with zero attached hydrogens (tertiary/aromatic N) is 3. The van der Waals surface area contributed by atoms with Gasteiger partial charge in [0.15, 0.2) is 0 Å². The highest BCUT2D eigenvalue weighted by Crippen LogP contribution is 2.24. The van der Waals surface area contributed by atoms with E-state index in [0.29, 0.717) is 18.6 Å². The van der Waals surface area contributed by atoms with Crippen LogP contribution in [0.3, 0.4) is 0 Å². The predicted molar refractivity (Wildman–Crippen MR) is 100 cm³/mol. The monoisotopic (exact) mass is 344 g/mol. The van der Waals surface area contributed by atoms with Crippen LogP contribution in [0.2, 0.25) is 0 Å². The Labute approximate surface area is 151 Å². The van der Waals surface area contributed by atoms with Crippen molar-refractivity contribution in [2.75, 3.05) is 26.2 Å². The normalized spacial score (nSPS) is 23.7. The smallest absolute Gasteiger partial charge is 0.224 e. The molecule has 138 valence electrons. The Bertz CT molecular complexity index is 540. The van der Waals surface area contributed by atoms with E-state index in [2.05, 4.69) is 33.9 Å². The van der Waals surface area contributed by atoms with Gasteiger partial charge < -0.3 is 10.2 Å². The van der Waals surface area contributed by atoms with Crippen molar-refractivity contribution >= 4 is 5.91 Å². The van der Waals surface area contributed by atoms with Crippen LogP contribution in [0, 0.1) is 5.92 Å². The summed E-state index contributed by atoms with van der Waals surface area (Å²) < 4.78 is 0. The van der Waals surface area contributed by atoms with Gasteiger partial charge in [0.2, 0.25) is 5.91 Å². The fraction of sp³-hybridized carbons (Fsp3) is 0.700. The minimum Gasteiger partial charge on any atom is -0.352 e. The van der Waals surface area contributed by atoms with Gasteiger partial charge in [-0.05, 0) is 76.9 Å². The molecule has 1 atom stereocenters. The summed E-state index contributed by atoms with van der Waals surface area (Å²) in [5, 5.41) is 3.11. The van der Waals surface area contributed by atoms with Gasteiger partial charge in [0, 0.05) is 37.6 Å². The Morgan fingerprint density at radius 3 is 2.60 bits per heavy atom. The molecule has 0 radical (unpaired) electrons. The molecular weight excluding hydrogens is 312 g/mol. The van der Waals surface area contributed by atoms with Gasteiger partial charge in [0.1, 0.15) is 0 Å². The zero-order valence-electron chi connectivity index (χ0n) is 15.7. The van der Waals surface area contributed by atoms with Crippen LogP contribution < -0.4 is 5.32 Å². The van der Waals surface area contributed by atoms with Crippen LogP contribution in [-0.4, -0.2) is 59.0 Å². The van der Waals surface area contributed by atoms with Crippen LogP contribution in [0.25, 0.3) is 0 Å². The lowest BCUT2D eigenvalue weighted by molar-refractivity contribution is -0.127. The molecule has 3 heterocycles. The number of likely N-dealkylation sites (tertiary alicyclic amines) is 2. The van der Waals surface area contributed by atoms with Crippen molar-refractivity contribution in [2.45, 2.75) is 58.2 Å². The number of rotatable bonds is 5. The van der Waals surface area contributed by atoms with Gasteiger partial charge in [-0.3, -0.25) is 14.7 Å². The first-order valence-electron chi connectivity index (χ1n) is 9.78. The lowest BCUT2D eigenvalue weighted by Gasteiger charge is -2.43. The Morgan fingerprint density at radius 2 is 1.92 bits per heavy atom. The molecule has 2 saturated heterocycles. The van der Waals surface area contributed by atoms with Crippen LogP contribution in [0.5, 0.6) is 0 Å². The van der Waals surface area contributed by atoms with Crippen LogP contribution in [0.15, 0.2) is 24.5 Å². The minimum atomic E-state index is 0.138. The van der Waals surface area contributed by atoms with E-state index < -0.39 is 0 Å². The minimum absolute atomic E-state index is 0.138. The summed E-state index contributed by atoms with van der Waals surface area (Å²) in [4.78, 5) is 21.7. The summed E-state index contributed by atoms with van der Waals surface area (Å²) in [5.74, 6) is 0.347. The summed E-state index contributed by atoms with van der Waals surface area (Å²) in [6.45, 7) is 9.63. The molecule has 0 saturated carbocycles. The number of hydrogen-bond acceptors (Lipinski definition) is 4. The van der Waals surface area contributed by atoms with Crippen molar-refractivity contribution in [1.29, 1.82) is 0 Å². The Balaban J connectivity index is 1.47. The third-order valence-electron chi connectivity index (χ3n) is 5.79. The van der Waals surface area contributed by atoms with E-state index in [1.807, 2.05) is 12.1 Å². The lowest BCUT2D eigenvalue weighted by Crippen LogP contribution is -2.51. The molecule has 0 spiro atoms. The Kier molecular flexibility index (Phi) is 6.43. The molecule has 0 aromatic carbocycles. The summed E-state index contributed by atoms with van der Waals surface area (Å²) in [6, 6.07) is 5.21. The van der Waals surface area contributed by atoms with Crippen molar-refractivity contribution in [3.63, 3.8) is 0 Å². The van der Waals surface area contributed by atoms with Gasteiger partial charge in [-0.25, -0.2) is 0 Å². The van der Waals surface area contributed by atoms with Crippen LogP contribution in [0.4, 0.5) is 0 Å². The Hall–Kier alpha value is -1.46. The molecule has 25 heavy (non-hydrogen) atoms. The summed E-state index contributed by atoms with van der Waals surface area (Å²) >= 11 is 0. The molecule has 2 fully saturated rings. The summed E-state index contributed by atoms with van der Waals surface area (Å²) in [6.07, 6.45) is 8.18. The van der Waals surface area contributed by atoms with Crippen molar-refractivity contribution in [3.05, 3.63) is 30.1 Å². The highest BCUT2D eigenvalue weighted by Gasteiger charge is 2.31. The average molecular weight is 345 g/mol. The number of hydrogen-bond donors (Lipinski definition) is 1. The fourth-order valence-electron chi connectivity index (χ4n) is 4.15. The van der Waals surface area contributed by atoms with E-state index in [1.54, 1.807) is 12.4 Å². The molecule has 3 rings (SSSR count). The summed E-state index contributed by atoms with van der Waals surface area (Å²) in [7, 11) is 0. The molecular formula is C20H32N4O. The number of nitrogens with one attached hydrogen (secondary N) is 1. The lowest BCUT2D eigenvalue weighted by atomic mass is 9.93. The van der Waals surface area contributed by atoms with Gasteiger partial charge in [0.05, 0.1) is 5.92 Å². The van der Waals surface area contributed by atoms with Gasteiger partial charge in [0.25, 0.3) is 0 Å². The number of aromatic nitrogens is 1. The zero-order chi connectivity index (χ0) is 17.6. The van der Waals surface area contributed by atoms with Crippen LogP contribution >= 0.6 is 0 Å². The molecule has 0 aliphatic carbocycles. The second kappa shape index (κ2) is 8.77. The molecule has 0 bridgehead atoms. The van der Waals surface area contributed by atoms with Crippen molar-refractivity contribution in [2.24, 2.45) is 5.92 Å². The molecule has 5 nitrogen and oxygen atoms in total. The first-order valence-corrected chi connectivity index (χ1v) is 9.78. The predicted octanol–water partition coefficient (Wildman–Crippen LogP) is 2.28.